The lowest BCUT2D eigenvalue weighted by Gasteiger charge is -2.20. The van der Waals surface area contributed by atoms with Crippen LogP contribution in [0.15, 0.2) is 12.1 Å². The number of carbonyl (C=O) groups is 1. The van der Waals surface area contributed by atoms with E-state index in [0.717, 1.165) is 23.2 Å². The SMILES string of the molecule is O=C1Cc2cc(C(O)CC3CCCCCC3)c(Cl)cc2N1. The first-order valence-corrected chi connectivity index (χ1v) is 8.31. The van der Waals surface area contributed by atoms with Crippen molar-refractivity contribution in [1.29, 1.82) is 0 Å². The second-order valence-corrected chi connectivity index (χ2v) is 6.77. The second kappa shape index (κ2) is 6.37. The molecule has 1 aliphatic carbocycles. The third-order valence-corrected chi connectivity index (χ3v) is 5.07. The highest BCUT2D eigenvalue weighted by atomic mass is 35.5. The number of nitrogens with one attached hydrogen (secondary N) is 1. The van der Waals surface area contributed by atoms with Crippen LogP contribution in [-0.4, -0.2) is 11.0 Å². The molecule has 2 aliphatic rings. The van der Waals surface area contributed by atoms with E-state index in [1.54, 1.807) is 6.07 Å². The molecule has 1 aliphatic heterocycles. The van der Waals surface area contributed by atoms with Crippen LogP contribution in [0.25, 0.3) is 0 Å². The molecule has 0 radical (unpaired) electrons. The van der Waals surface area contributed by atoms with E-state index in [-0.39, 0.29) is 5.91 Å². The van der Waals surface area contributed by atoms with Crippen LogP contribution < -0.4 is 5.32 Å². The average molecular weight is 308 g/mol. The molecular formula is C17H22ClNO2. The number of amides is 1. The summed E-state index contributed by atoms with van der Waals surface area (Å²) in [5, 5.41) is 13.9. The number of halogens is 1. The first-order chi connectivity index (χ1) is 10.1. The van der Waals surface area contributed by atoms with Gasteiger partial charge in [-0.2, -0.15) is 0 Å². The van der Waals surface area contributed by atoms with Crippen molar-refractivity contribution in [2.24, 2.45) is 5.92 Å². The maximum absolute atomic E-state index is 11.4. The molecule has 1 aromatic rings. The summed E-state index contributed by atoms with van der Waals surface area (Å²) >= 11 is 6.29. The molecule has 0 aromatic heterocycles. The zero-order valence-electron chi connectivity index (χ0n) is 12.2. The van der Waals surface area contributed by atoms with Crippen LogP contribution in [0.3, 0.4) is 0 Å². The molecule has 1 saturated carbocycles. The van der Waals surface area contributed by atoms with Crippen LogP contribution in [0, 0.1) is 5.92 Å². The molecule has 1 atom stereocenters. The number of carbonyl (C=O) groups excluding carboxylic acids is 1. The fourth-order valence-corrected chi connectivity index (χ4v) is 3.85. The van der Waals surface area contributed by atoms with E-state index in [2.05, 4.69) is 5.32 Å². The van der Waals surface area contributed by atoms with Gasteiger partial charge in [-0.3, -0.25) is 4.79 Å². The summed E-state index contributed by atoms with van der Waals surface area (Å²) in [5.74, 6) is 0.586. The molecule has 0 spiro atoms. The molecule has 114 valence electrons. The van der Waals surface area contributed by atoms with Gasteiger partial charge in [-0.15, -0.1) is 0 Å². The minimum absolute atomic E-state index is 0.00326. The number of anilines is 1. The van der Waals surface area contributed by atoms with Crippen molar-refractivity contribution in [3.8, 4) is 0 Å². The van der Waals surface area contributed by atoms with Gasteiger partial charge in [0.2, 0.25) is 5.91 Å². The Morgan fingerprint density at radius 2 is 1.95 bits per heavy atom. The zero-order chi connectivity index (χ0) is 14.8. The highest BCUT2D eigenvalue weighted by Gasteiger charge is 2.24. The van der Waals surface area contributed by atoms with Gasteiger partial charge in [-0.25, -0.2) is 0 Å². The highest BCUT2D eigenvalue weighted by Crippen LogP contribution is 2.37. The van der Waals surface area contributed by atoms with Gasteiger partial charge >= 0.3 is 0 Å². The van der Waals surface area contributed by atoms with Crippen molar-refractivity contribution in [2.75, 3.05) is 5.32 Å². The van der Waals surface area contributed by atoms with Gasteiger partial charge in [0.15, 0.2) is 0 Å². The fourth-order valence-electron chi connectivity index (χ4n) is 3.56. The first kappa shape index (κ1) is 14.9. The molecule has 3 rings (SSSR count). The number of hydrogen-bond donors (Lipinski definition) is 2. The third kappa shape index (κ3) is 3.41. The predicted molar refractivity (Wildman–Crippen MR) is 84.6 cm³/mol. The Bertz CT molecular complexity index is 536. The van der Waals surface area contributed by atoms with E-state index in [1.165, 1.54) is 38.5 Å². The van der Waals surface area contributed by atoms with E-state index < -0.39 is 6.10 Å². The average Bonchev–Trinajstić information content (AvgIpc) is 2.63. The number of aliphatic hydroxyl groups excluding tert-OH is 1. The zero-order valence-corrected chi connectivity index (χ0v) is 13.0. The molecule has 1 fully saturated rings. The number of aliphatic hydroxyl groups is 1. The van der Waals surface area contributed by atoms with Crippen molar-refractivity contribution >= 4 is 23.2 Å². The predicted octanol–water partition coefficient (Wildman–Crippen LogP) is 4.23. The van der Waals surface area contributed by atoms with Gasteiger partial charge in [0.05, 0.1) is 12.5 Å². The van der Waals surface area contributed by atoms with Crippen molar-refractivity contribution in [3.05, 3.63) is 28.3 Å². The standard InChI is InChI=1S/C17H22ClNO2/c18-14-10-15-12(9-17(21)19-15)8-13(14)16(20)7-11-5-3-1-2-4-6-11/h8,10-11,16,20H,1-7,9H2,(H,19,21). The minimum atomic E-state index is -0.526. The lowest BCUT2D eigenvalue weighted by Crippen LogP contribution is -2.08. The Morgan fingerprint density at radius 3 is 2.67 bits per heavy atom. The summed E-state index contributed by atoms with van der Waals surface area (Å²) in [5.41, 5.74) is 2.51. The number of benzene rings is 1. The third-order valence-electron chi connectivity index (χ3n) is 4.74. The van der Waals surface area contributed by atoms with Gasteiger partial charge in [-0.1, -0.05) is 50.1 Å². The first-order valence-electron chi connectivity index (χ1n) is 7.93. The smallest absolute Gasteiger partial charge is 0.228 e. The molecular weight excluding hydrogens is 286 g/mol. The molecule has 0 bridgehead atoms. The molecule has 1 unspecified atom stereocenters. The largest absolute Gasteiger partial charge is 0.388 e. The van der Waals surface area contributed by atoms with E-state index in [1.807, 2.05) is 6.07 Å². The van der Waals surface area contributed by atoms with Crippen molar-refractivity contribution in [3.63, 3.8) is 0 Å². The summed E-state index contributed by atoms with van der Waals surface area (Å²) in [6.45, 7) is 0. The monoisotopic (exact) mass is 307 g/mol. The quantitative estimate of drug-likeness (QED) is 0.821. The van der Waals surface area contributed by atoms with Crippen LogP contribution in [0.1, 0.15) is 62.2 Å². The Labute approximate surface area is 130 Å². The summed E-state index contributed by atoms with van der Waals surface area (Å²) in [6.07, 6.45) is 8.23. The van der Waals surface area contributed by atoms with Crippen LogP contribution >= 0.6 is 11.6 Å². The van der Waals surface area contributed by atoms with Crippen LogP contribution in [0.5, 0.6) is 0 Å². The maximum Gasteiger partial charge on any atom is 0.228 e. The van der Waals surface area contributed by atoms with Crippen molar-refractivity contribution < 1.29 is 9.90 Å². The highest BCUT2D eigenvalue weighted by molar-refractivity contribution is 6.32. The van der Waals surface area contributed by atoms with Crippen molar-refractivity contribution in [1.82, 2.24) is 0 Å². The molecule has 0 saturated heterocycles. The van der Waals surface area contributed by atoms with E-state index >= 15 is 0 Å². The molecule has 4 heteroatoms. The fraction of sp³-hybridized carbons (Fsp3) is 0.588. The Balaban J connectivity index is 1.73. The van der Waals surface area contributed by atoms with E-state index in [9.17, 15) is 9.90 Å². The van der Waals surface area contributed by atoms with Gasteiger partial charge in [-0.05, 0) is 35.6 Å². The Kier molecular flexibility index (Phi) is 4.51. The van der Waals surface area contributed by atoms with Crippen LogP contribution in [0.2, 0.25) is 5.02 Å². The summed E-state index contributed by atoms with van der Waals surface area (Å²) in [4.78, 5) is 11.4. The Hall–Kier alpha value is -1.06. The topological polar surface area (TPSA) is 49.3 Å². The summed E-state index contributed by atoms with van der Waals surface area (Å²) in [7, 11) is 0. The minimum Gasteiger partial charge on any atom is -0.388 e. The van der Waals surface area contributed by atoms with E-state index in [4.69, 9.17) is 11.6 Å². The maximum atomic E-state index is 11.4. The summed E-state index contributed by atoms with van der Waals surface area (Å²) in [6, 6.07) is 3.67. The molecule has 2 N–H and O–H groups in total. The molecule has 1 amide bonds. The lowest BCUT2D eigenvalue weighted by atomic mass is 9.90. The van der Waals surface area contributed by atoms with Gasteiger partial charge in [0.25, 0.3) is 0 Å². The van der Waals surface area contributed by atoms with Gasteiger partial charge in [0, 0.05) is 10.7 Å². The number of hydrogen-bond acceptors (Lipinski definition) is 2. The lowest BCUT2D eigenvalue weighted by molar-refractivity contribution is -0.115. The molecule has 3 nitrogen and oxygen atoms in total. The van der Waals surface area contributed by atoms with Crippen molar-refractivity contribution in [2.45, 2.75) is 57.5 Å². The molecule has 1 aromatic carbocycles. The number of rotatable bonds is 3. The van der Waals surface area contributed by atoms with Gasteiger partial charge < -0.3 is 10.4 Å². The normalized spacial score (nSPS) is 20.8. The van der Waals surface area contributed by atoms with Crippen LogP contribution in [0.4, 0.5) is 5.69 Å². The van der Waals surface area contributed by atoms with Gasteiger partial charge in [0.1, 0.15) is 0 Å². The molecule has 1 heterocycles. The molecule has 21 heavy (non-hydrogen) atoms. The summed E-state index contributed by atoms with van der Waals surface area (Å²) < 4.78 is 0. The van der Waals surface area contributed by atoms with Crippen LogP contribution in [-0.2, 0) is 11.2 Å². The number of fused-ring (bicyclic) bond motifs is 1. The van der Waals surface area contributed by atoms with E-state index in [0.29, 0.717) is 17.4 Å². The second-order valence-electron chi connectivity index (χ2n) is 6.36. The Morgan fingerprint density at radius 1 is 1.24 bits per heavy atom.